The van der Waals surface area contributed by atoms with Gasteiger partial charge in [-0.05, 0) is 32.6 Å². The van der Waals surface area contributed by atoms with Crippen molar-refractivity contribution in [2.24, 2.45) is 5.92 Å². The van der Waals surface area contributed by atoms with Crippen LogP contribution in [0.15, 0.2) is 0 Å². The molecule has 1 amide bonds. The molecule has 1 aliphatic heterocycles. The molecule has 1 rings (SSSR count). The number of hydrogen-bond acceptors (Lipinski definition) is 2. The zero-order valence-corrected chi connectivity index (χ0v) is 11.1. The minimum atomic E-state index is 0.220. The van der Waals surface area contributed by atoms with Gasteiger partial charge < -0.3 is 10.2 Å². The minimum absolute atomic E-state index is 0.220. The number of hydrogen-bond donors (Lipinski definition) is 1. The van der Waals surface area contributed by atoms with Gasteiger partial charge >= 0.3 is 0 Å². The van der Waals surface area contributed by atoms with Gasteiger partial charge in [0.05, 0.1) is 0 Å². The van der Waals surface area contributed by atoms with E-state index in [0.29, 0.717) is 24.4 Å². The van der Waals surface area contributed by atoms with Gasteiger partial charge in [0.2, 0.25) is 5.91 Å². The molecule has 0 unspecified atom stereocenters. The highest BCUT2D eigenvalue weighted by Gasteiger charge is 2.21. The van der Waals surface area contributed by atoms with Gasteiger partial charge in [0.25, 0.3) is 0 Å². The number of nitrogens with one attached hydrogen (secondary N) is 1. The van der Waals surface area contributed by atoms with Crippen molar-refractivity contribution >= 4 is 5.91 Å². The lowest BCUT2D eigenvalue weighted by molar-refractivity contribution is -0.122. The molecule has 1 aliphatic rings. The molecule has 16 heavy (non-hydrogen) atoms. The molecule has 1 saturated heterocycles. The molecule has 3 nitrogen and oxygen atoms in total. The second kappa shape index (κ2) is 6.24. The van der Waals surface area contributed by atoms with Gasteiger partial charge in [0.15, 0.2) is 0 Å². The Morgan fingerprint density at radius 3 is 2.25 bits per heavy atom. The van der Waals surface area contributed by atoms with E-state index in [2.05, 4.69) is 37.9 Å². The van der Waals surface area contributed by atoms with Crippen molar-refractivity contribution in [1.82, 2.24) is 10.2 Å². The quantitative estimate of drug-likeness (QED) is 0.795. The highest BCUT2D eigenvalue weighted by molar-refractivity contribution is 5.76. The molecule has 1 heterocycles. The van der Waals surface area contributed by atoms with E-state index in [0.717, 1.165) is 25.9 Å². The molecule has 0 aromatic rings. The Balaban J connectivity index is 2.24. The number of carbonyl (C=O) groups excluding carboxylic acids is 1. The summed E-state index contributed by atoms with van der Waals surface area (Å²) in [5, 5.41) is 3.14. The van der Waals surface area contributed by atoms with Gasteiger partial charge in [-0.3, -0.25) is 4.79 Å². The van der Waals surface area contributed by atoms with E-state index in [4.69, 9.17) is 0 Å². The molecule has 1 fully saturated rings. The summed E-state index contributed by atoms with van der Waals surface area (Å²) < 4.78 is 0. The fourth-order valence-electron chi connectivity index (χ4n) is 2.22. The van der Waals surface area contributed by atoms with Crippen molar-refractivity contribution in [3.8, 4) is 0 Å². The van der Waals surface area contributed by atoms with Gasteiger partial charge in [-0.15, -0.1) is 0 Å². The predicted molar refractivity (Wildman–Crippen MR) is 67.3 cm³/mol. The first-order chi connectivity index (χ1) is 7.49. The van der Waals surface area contributed by atoms with Crippen molar-refractivity contribution in [1.29, 1.82) is 0 Å². The summed E-state index contributed by atoms with van der Waals surface area (Å²) in [6.45, 7) is 10.9. The molecule has 0 bridgehead atoms. The third kappa shape index (κ3) is 4.52. The number of likely N-dealkylation sites (tertiary alicyclic amines) is 1. The molecule has 0 aliphatic carbocycles. The first-order valence-electron chi connectivity index (χ1n) is 6.52. The SMILES string of the molecule is CC(C)CC(=O)NC1CCN(C(C)C)CC1. The molecular formula is C13H26N2O. The summed E-state index contributed by atoms with van der Waals surface area (Å²) in [6, 6.07) is 1.04. The monoisotopic (exact) mass is 226 g/mol. The van der Waals surface area contributed by atoms with Crippen LogP contribution in [0.5, 0.6) is 0 Å². The third-order valence-electron chi connectivity index (χ3n) is 3.22. The van der Waals surface area contributed by atoms with E-state index in [1.165, 1.54) is 0 Å². The van der Waals surface area contributed by atoms with Crippen LogP contribution >= 0.6 is 0 Å². The molecule has 0 aromatic heterocycles. The van der Waals surface area contributed by atoms with E-state index < -0.39 is 0 Å². The molecule has 1 N–H and O–H groups in total. The fourth-order valence-corrected chi connectivity index (χ4v) is 2.22. The number of rotatable bonds is 4. The van der Waals surface area contributed by atoms with Crippen molar-refractivity contribution in [3.63, 3.8) is 0 Å². The Kier molecular flexibility index (Phi) is 5.26. The van der Waals surface area contributed by atoms with Gasteiger partial charge in [0.1, 0.15) is 0 Å². The minimum Gasteiger partial charge on any atom is -0.353 e. The van der Waals surface area contributed by atoms with Crippen LogP contribution in [-0.2, 0) is 4.79 Å². The Labute approximate surface area is 99.6 Å². The first-order valence-corrected chi connectivity index (χ1v) is 6.52. The largest absolute Gasteiger partial charge is 0.353 e. The number of amides is 1. The molecule has 0 atom stereocenters. The van der Waals surface area contributed by atoms with Gasteiger partial charge in [-0.2, -0.15) is 0 Å². The zero-order chi connectivity index (χ0) is 12.1. The lowest BCUT2D eigenvalue weighted by Crippen LogP contribution is -2.46. The Morgan fingerprint density at radius 1 is 1.25 bits per heavy atom. The van der Waals surface area contributed by atoms with Gasteiger partial charge in [-0.1, -0.05) is 13.8 Å². The molecule has 3 heteroatoms. The van der Waals surface area contributed by atoms with Gasteiger partial charge in [0, 0.05) is 31.6 Å². The summed E-state index contributed by atoms with van der Waals surface area (Å²) in [4.78, 5) is 14.1. The maximum absolute atomic E-state index is 11.6. The Hall–Kier alpha value is -0.570. The van der Waals surface area contributed by atoms with Crippen LogP contribution in [-0.4, -0.2) is 36.0 Å². The normalized spacial score (nSPS) is 19.4. The van der Waals surface area contributed by atoms with Crippen LogP contribution in [0.2, 0.25) is 0 Å². The van der Waals surface area contributed by atoms with Crippen molar-refractivity contribution in [3.05, 3.63) is 0 Å². The Bertz CT molecular complexity index is 218. The van der Waals surface area contributed by atoms with Crippen molar-refractivity contribution < 1.29 is 4.79 Å². The topological polar surface area (TPSA) is 32.3 Å². The fraction of sp³-hybridized carbons (Fsp3) is 0.923. The van der Waals surface area contributed by atoms with E-state index in [1.807, 2.05) is 0 Å². The maximum Gasteiger partial charge on any atom is 0.220 e. The van der Waals surface area contributed by atoms with Crippen LogP contribution in [0.1, 0.15) is 47.0 Å². The van der Waals surface area contributed by atoms with E-state index in [-0.39, 0.29) is 5.91 Å². The first kappa shape index (κ1) is 13.5. The smallest absolute Gasteiger partial charge is 0.220 e. The summed E-state index contributed by atoms with van der Waals surface area (Å²) in [7, 11) is 0. The summed E-state index contributed by atoms with van der Waals surface area (Å²) in [5.74, 6) is 0.675. The highest BCUT2D eigenvalue weighted by Crippen LogP contribution is 2.13. The average molecular weight is 226 g/mol. The molecule has 94 valence electrons. The molecule has 0 radical (unpaired) electrons. The van der Waals surface area contributed by atoms with Crippen LogP contribution in [0.3, 0.4) is 0 Å². The molecule has 0 spiro atoms. The summed E-state index contributed by atoms with van der Waals surface area (Å²) in [6.07, 6.45) is 2.86. The molecule has 0 saturated carbocycles. The number of nitrogens with zero attached hydrogens (tertiary/aromatic N) is 1. The second-order valence-electron chi connectivity index (χ2n) is 5.57. The van der Waals surface area contributed by atoms with Crippen LogP contribution in [0.4, 0.5) is 0 Å². The zero-order valence-electron chi connectivity index (χ0n) is 11.1. The number of carbonyl (C=O) groups is 1. The van der Waals surface area contributed by atoms with E-state index in [1.54, 1.807) is 0 Å². The maximum atomic E-state index is 11.6. The van der Waals surface area contributed by atoms with Crippen LogP contribution < -0.4 is 5.32 Å². The van der Waals surface area contributed by atoms with E-state index in [9.17, 15) is 4.79 Å². The average Bonchev–Trinajstić information content (AvgIpc) is 2.16. The van der Waals surface area contributed by atoms with Crippen LogP contribution in [0, 0.1) is 5.92 Å². The van der Waals surface area contributed by atoms with Crippen molar-refractivity contribution in [2.45, 2.75) is 59.0 Å². The summed E-state index contributed by atoms with van der Waals surface area (Å²) in [5.41, 5.74) is 0. The lowest BCUT2D eigenvalue weighted by atomic mass is 10.0. The van der Waals surface area contributed by atoms with Crippen LogP contribution in [0.25, 0.3) is 0 Å². The molecular weight excluding hydrogens is 200 g/mol. The Morgan fingerprint density at radius 2 is 1.81 bits per heavy atom. The second-order valence-corrected chi connectivity index (χ2v) is 5.57. The van der Waals surface area contributed by atoms with Gasteiger partial charge in [-0.25, -0.2) is 0 Å². The highest BCUT2D eigenvalue weighted by atomic mass is 16.1. The standard InChI is InChI=1S/C13H26N2O/c1-10(2)9-13(16)14-12-5-7-15(8-6-12)11(3)4/h10-12H,5-9H2,1-4H3,(H,14,16). The number of piperidine rings is 1. The molecule has 0 aromatic carbocycles. The van der Waals surface area contributed by atoms with Crippen molar-refractivity contribution in [2.75, 3.05) is 13.1 Å². The van der Waals surface area contributed by atoms with E-state index >= 15 is 0 Å². The summed E-state index contributed by atoms with van der Waals surface area (Å²) >= 11 is 0. The third-order valence-corrected chi connectivity index (χ3v) is 3.22. The lowest BCUT2D eigenvalue weighted by Gasteiger charge is -2.34. The predicted octanol–water partition coefficient (Wildman–Crippen LogP) is 2.02.